The lowest BCUT2D eigenvalue weighted by molar-refractivity contribution is 0.0947. The van der Waals surface area contributed by atoms with Gasteiger partial charge in [-0.05, 0) is 48.9 Å². The van der Waals surface area contributed by atoms with Crippen molar-refractivity contribution in [3.05, 3.63) is 64.1 Å². The molecule has 0 bridgehead atoms. The van der Waals surface area contributed by atoms with Crippen LogP contribution in [-0.2, 0) is 4.74 Å². The molecule has 0 heterocycles. The van der Waals surface area contributed by atoms with Gasteiger partial charge in [-0.15, -0.1) is 0 Å². The lowest BCUT2D eigenvalue weighted by Gasteiger charge is -2.07. The van der Waals surface area contributed by atoms with Gasteiger partial charge in [-0.3, -0.25) is 9.59 Å². The van der Waals surface area contributed by atoms with Crippen molar-refractivity contribution in [2.75, 3.05) is 25.6 Å². The highest BCUT2D eigenvalue weighted by Gasteiger charge is 2.09. The Kier molecular flexibility index (Phi) is 6.96. The van der Waals surface area contributed by atoms with Crippen molar-refractivity contribution in [3.63, 3.8) is 0 Å². The monoisotopic (exact) mass is 390 g/mol. The zero-order valence-electron chi connectivity index (χ0n) is 13.3. The Labute approximate surface area is 149 Å². The largest absolute Gasteiger partial charge is 0.385 e. The number of hydrogen-bond donors (Lipinski definition) is 2. The molecule has 2 aromatic carbocycles. The molecule has 0 aliphatic rings. The predicted molar refractivity (Wildman–Crippen MR) is 97.4 cm³/mol. The van der Waals surface area contributed by atoms with Crippen LogP contribution in [0.2, 0.25) is 0 Å². The van der Waals surface area contributed by atoms with E-state index >= 15 is 0 Å². The average molecular weight is 391 g/mol. The van der Waals surface area contributed by atoms with E-state index < -0.39 is 0 Å². The van der Waals surface area contributed by atoms with Crippen LogP contribution >= 0.6 is 15.9 Å². The lowest BCUT2D eigenvalue weighted by Crippen LogP contribution is -2.25. The van der Waals surface area contributed by atoms with E-state index in [2.05, 4.69) is 26.6 Å². The third-order valence-electron chi connectivity index (χ3n) is 3.30. The molecule has 0 aliphatic heterocycles. The van der Waals surface area contributed by atoms with Gasteiger partial charge < -0.3 is 15.4 Å². The van der Waals surface area contributed by atoms with E-state index in [1.807, 2.05) is 24.3 Å². The second-order valence-electron chi connectivity index (χ2n) is 5.14. The summed E-state index contributed by atoms with van der Waals surface area (Å²) in [4.78, 5) is 24.2. The molecule has 0 saturated carbocycles. The Hall–Kier alpha value is -2.18. The van der Waals surface area contributed by atoms with Crippen LogP contribution in [0.3, 0.4) is 0 Å². The maximum Gasteiger partial charge on any atom is 0.255 e. The van der Waals surface area contributed by atoms with Gasteiger partial charge in [0.25, 0.3) is 11.8 Å². The zero-order chi connectivity index (χ0) is 17.4. The molecule has 0 atom stereocenters. The van der Waals surface area contributed by atoms with Crippen LogP contribution in [-0.4, -0.2) is 32.1 Å². The number of amides is 2. The van der Waals surface area contributed by atoms with Gasteiger partial charge in [-0.2, -0.15) is 0 Å². The first-order chi connectivity index (χ1) is 11.6. The molecular formula is C18H19BrN2O3. The molecule has 2 N–H and O–H groups in total. The van der Waals surface area contributed by atoms with Gasteiger partial charge in [0.1, 0.15) is 0 Å². The van der Waals surface area contributed by atoms with Gasteiger partial charge in [0.2, 0.25) is 0 Å². The van der Waals surface area contributed by atoms with Gasteiger partial charge in [0.15, 0.2) is 0 Å². The van der Waals surface area contributed by atoms with Crippen molar-refractivity contribution in [1.82, 2.24) is 5.32 Å². The number of ether oxygens (including phenoxy) is 1. The summed E-state index contributed by atoms with van der Waals surface area (Å²) in [6.07, 6.45) is 0.759. The summed E-state index contributed by atoms with van der Waals surface area (Å²) < 4.78 is 5.82. The molecule has 0 aromatic heterocycles. The lowest BCUT2D eigenvalue weighted by atomic mass is 10.1. The summed E-state index contributed by atoms with van der Waals surface area (Å²) in [5, 5.41) is 5.62. The summed E-state index contributed by atoms with van der Waals surface area (Å²) in [6, 6.07) is 13.9. The van der Waals surface area contributed by atoms with Crippen molar-refractivity contribution in [3.8, 4) is 0 Å². The predicted octanol–water partition coefficient (Wildman–Crippen LogP) is 3.47. The third kappa shape index (κ3) is 5.47. The van der Waals surface area contributed by atoms with Crippen molar-refractivity contribution < 1.29 is 14.3 Å². The van der Waals surface area contributed by atoms with E-state index in [1.54, 1.807) is 31.4 Å². The number of benzene rings is 2. The molecule has 2 amide bonds. The van der Waals surface area contributed by atoms with Crippen molar-refractivity contribution in [2.45, 2.75) is 6.42 Å². The number of hydrogen-bond acceptors (Lipinski definition) is 3. The standard InChI is InChI=1S/C18H19BrN2O3/c1-24-11-3-10-20-17(22)13-6-8-14(9-7-13)18(23)21-16-5-2-4-15(19)12-16/h2,4-9,12H,3,10-11H2,1H3,(H,20,22)(H,21,23). The molecule has 0 radical (unpaired) electrons. The van der Waals surface area contributed by atoms with Crippen LogP contribution < -0.4 is 10.6 Å². The van der Waals surface area contributed by atoms with E-state index in [4.69, 9.17) is 4.74 Å². The van der Waals surface area contributed by atoms with Crippen molar-refractivity contribution >= 4 is 33.4 Å². The fraction of sp³-hybridized carbons (Fsp3) is 0.222. The number of methoxy groups -OCH3 is 1. The molecule has 24 heavy (non-hydrogen) atoms. The molecular weight excluding hydrogens is 372 g/mol. The second-order valence-corrected chi connectivity index (χ2v) is 6.06. The third-order valence-corrected chi connectivity index (χ3v) is 3.80. The smallest absolute Gasteiger partial charge is 0.255 e. The highest BCUT2D eigenvalue weighted by atomic mass is 79.9. The minimum atomic E-state index is -0.222. The first-order valence-corrected chi connectivity index (χ1v) is 8.33. The molecule has 6 heteroatoms. The highest BCUT2D eigenvalue weighted by Crippen LogP contribution is 2.16. The highest BCUT2D eigenvalue weighted by molar-refractivity contribution is 9.10. The Bertz CT molecular complexity index is 702. The van der Waals surface area contributed by atoms with Crippen LogP contribution in [0.4, 0.5) is 5.69 Å². The Morgan fingerprint density at radius 2 is 1.71 bits per heavy atom. The van der Waals surface area contributed by atoms with Crippen molar-refractivity contribution in [2.24, 2.45) is 0 Å². The summed E-state index contributed by atoms with van der Waals surface area (Å²) in [6.45, 7) is 1.16. The van der Waals surface area contributed by atoms with Gasteiger partial charge in [0, 0.05) is 41.5 Å². The fourth-order valence-electron chi connectivity index (χ4n) is 2.06. The van der Waals surface area contributed by atoms with Crippen LogP contribution in [0, 0.1) is 0 Å². The molecule has 0 fully saturated rings. The number of nitrogens with one attached hydrogen (secondary N) is 2. The quantitative estimate of drug-likeness (QED) is 0.711. The molecule has 0 aliphatic carbocycles. The molecule has 5 nitrogen and oxygen atoms in total. The Morgan fingerprint density at radius 1 is 1.04 bits per heavy atom. The van der Waals surface area contributed by atoms with E-state index in [-0.39, 0.29) is 11.8 Å². The number of carbonyl (C=O) groups excluding carboxylic acids is 2. The van der Waals surface area contributed by atoms with Crippen molar-refractivity contribution in [1.29, 1.82) is 0 Å². The number of rotatable bonds is 7. The van der Waals surface area contributed by atoms with Gasteiger partial charge >= 0.3 is 0 Å². The summed E-state index contributed by atoms with van der Waals surface area (Å²) in [5.41, 5.74) is 1.71. The van der Waals surface area contributed by atoms with E-state index in [0.717, 1.165) is 10.9 Å². The van der Waals surface area contributed by atoms with Gasteiger partial charge in [-0.25, -0.2) is 0 Å². The fourth-order valence-corrected chi connectivity index (χ4v) is 2.46. The number of anilines is 1. The van der Waals surface area contributed by atoms with Gasteiger partial charge in [0.05, 0.1) is 0 Å². The Balaban J connectivity index is 1.93. The first kappa shape index (κ1) is 18.2. The summed E-state index contributed by atoms with van der Waals surface area (Å²) in [7, 11) is 1.62. The maximum atomic E-state index is 12.2. The van der Waals surface area contributed by atoms with E-state index in [0.29, 0.717) is 30.0 Å². The topological polar surface area (TPSA) is 67.4 Å². The summed E-state index contributed by atoms with van der Waals surface area (Å²) >= 11 is 3.36. The van der Waals surface area contributed by atoms with Crippen LogP contribution in [0.15, 0.2) is 53.0 Å². The number of halogens is 1. The second kappa shape index (κ2) is 9.20. The van der Waals surface area contributed by atoms with Crippen LogP contribution in [0.5, 0.6) is 0 Å². The molecule has 2 rings (SSSR count). The van der Waals surface area contributed by atoms with E-state index in [9.17, 15) is 9.59 Å². The average Bonchev–Trinajstić information content (AvgIpc) is 2.58. The minimum Gasteiger partial charge on any atom is -0.385 e. The molecule has 0 unspecified atom stereocenters. The minimum absolute atomic E-state index is 0.162. The van der Waals surface area contributed by atoms with Crippen LogP contribution in [0.25, 0.3) is 0 Å². The molecule has 0 spiro atoms. The molecule has 126 valence electrons. The number of carbonyl (C=O) groups is 2. The first-order valence-electron chi connectivity index (χ1n) is 7.54. The SMILES string of the molecule is COCCCNC(=O)c1ccc(C(=O)Nc2cccc(Br)c2)cc1. The van der Waals surface area contributed by atoms with Crippen LogP contribution in [0.1, 0.15) is 27.1 Å². The molecule has 0 saturated heterocycles. The Morgan fingerprint density at radius 3 is 2.33 bits per heavy atom. The van der Waals surface area contributed by atoms with E-state index in [1.165, 1.54) is 0 Å². The van der Waals surface area contributed by atoms with Gasteiger partial charge in [-0.1, -0.05) is 22.0 Å². The normalized spacial score (nSPS) is 10.2. The summed E-state index contributed by atoms with van der Waals surface area (Å²) in [5.74, 6) is -0.384. The zero-order valence-corrected chi connectivity index (χ0v) is 14.9. The maximum absolute atomic E-state index is 12.2. The molecule has 2 aromatic rings.